The summed E-state index contributed by atoms with van der Waals surface area (Å²) >= 11 is 0. The summed E-state index contributed by atoms with van der Waals surface area (Å²) in [6.45, 7) is 1.03. The minimum Gasteiger partial charge on any atom is -0.493 e. The van der Waals surface area contributed by atoms with Crippen LogP contribution in [0.4, 0.5) is 4.79 Å². The molecular weight excluding hydrogens is 248 g/mol. The molecule has 0 unspecified atom stereocenters. The first-order valence-corrected chi connectivity index (χ1v) is 6.02. The molecule has 2 amide bonds. The Bertz CT molecular complexity index is 488. The Kier molecular flexibility index (Phi) is 3.80. The van der Waals surface area contributed by atoms with Crippen molar-refractivity contribution in [3.8, 4) is 11.5 Å². The molecule has 19 heavy (non-hydrogen) atoms. The second kappa shape index (κ2) is 5.36. The van der Waals surface area contributed by atoms with Gasteiger partial charge in [-0.15, -0.1) is 0 Å². The Morgan fingerprint density at radius 1 is 1.26 bits per heavy atom. The lowest BCUT2D eigenvalue weighted by molar-refractivity contribution is -0.0349. The second-order valence-corrected chi connectivity index (χ2v) is 4.45. The molecule has 6 heteroatoms. The maximum Gasteiger partial charge on any atom is 0.343 e. The van der Waals surface area contributed by atoms with Crippen LogP contribution in [0, 0.1) is 0 Å². The van der Waals surface area contributed by atoms with Crippen molar-refractivity contribution in [1.82, 2.24) is 9.96 Å². The van der Waals surface area contributed by atoms with Gasteiger partial charge >= 0.3 is 6.03 Å². The normalized spacial score (nSPS) is 13.8. The van der Waals surface area contributed by atoms with Gasteiger partial charge in [-0.1, -0.05) is 0 Å². The molecule has 0 aromatic heterocycles. The van der Waals surface area contributed by atoms with Gasteiger partial charge in [-0.05, 0) is 29.7 Å². The predicted octanol–water partition coefficient (Wildman–Crippen LogP) is 1.50. The van der Waals surface area contributed by atoms with E-state index in [-0.39, 0.29) is 0 Å². The Hall–Kier alpha value is -1.95. The van der Waals surface area contributed by atoms with Crippen molar-refractivity contribution in [2.24, 2.45) is 0 Å². The van der Waals surface area contributed by atoms with Crippen LogP contribution in [0.5, 0.6) is 11.5 Å². The van der Waals surface area contributed by atoms with Crippen LogP contribution < -0.4 is 9.47 Å². The van der Waals surface area contributed by atoms with Gasteiger partial charge in [0.15, 0.2) is 11.5 Å². The van der Waals surface area contributed by atoms with E-state index < -0.39 is 6.03 Å². The van der Waals surface area contributed by atoms with Crippen molar-refractivity contribution >= 4 is 6.03 Å². The summed E-state index contributed by atoms with van der Waals surface area (Å²) in [5.74, 6) is 1.34. The van der Waals surface area contributed by atoms with Crippen LogP contribution in [0.3, 0.4) is 0 Å². The van der Waals surface area contributed by atoms with Gasteiger partial charge in [0.25, 0.3) is 0 Å². The number of nitrogens with zero attached hydrogens (tertiary/aromatic N) is 2. The Morgan fingerprint density at radius 3 is 2.37 bits per heavy atom. The van der Waals surface area contributed by atoms with Gasteiger partial charge < -0.3 is 14.4 Å². The number of fused-ring (bicyclic) bond motifs is 1. The number of methoxy groups -OCH3 is 2. The fraction of sp³-hybridized carbons (Fsp3) is 0.462. The molecule has 0 aliphatic carbocycles. The highest BCUT2D eigenvalue weighted by molar-refractivity contribution is 5.73. The zero-order valence-electron chi connectivity index (χ0n) is 11.3. The van der Waals surface area contributed by atoms with Crippen LogP contribution in [-0.2, 0) is 13.0 Å². The lowest BCUT2D eigenvalue weighted by Gasteiger charge is -2.30. The highest BCUT2D eigenvalue weighted by Gasteiger charge is 2.24. The number of ether oxygens (including phenoxy) is 2. The van der Waals surface area contributed by atoms with E-state index in [2.05, 4.69) is 0 Å². The number of hydrogen-bond donors (Lipinski definition) is 1. The number of carbonyl (C=O) groups excluding carboxylic acids is 1. The van der Waals surface area contributed by atoms with Crippen LogP contribution in [0.2, 0.25) is 0 Å². The van der Waals surface area contributed by atoms with Gasteiger partial charge in [0.05, 0.1) is 14.2 Å². The van der Waals surface area contributed by atoms with Crippen molar-refractivity contribution in [1.29, 1.82) is 0 Å². The summed E-state index contributed by atoms with van der Waals surface area (Å²) in [6.07, 6.45) is 0.731. The van der Waals surface area contributed by atoms with Gasteiger partial charge in [0, 0.05) is 20.1 Å². The largest absolute Gasteiger partial charge is 0.493 e. The Morgan fingerprint density at radius 2 is 1.84 bits per heavy atom. The Balaban J connectivity index is 2.27. The van der Waals surface area contributed by atoms with Crippen molar-refractivity contribution in [2.45, 2.75) is 13.0 Å². The lowest BCUT2D eigenvalue weighted by Crippen LogP contribution is -2.42. The first-order valence-electron chi connectivity index (χ1n) is 6.02. The number of carbonyl (C=O) groups is 1. The van der Waals surface area contributed by atoms with Gasteiger partial charge in [0.1, 0.15) is 0 Å². The maximum absolute atomic E-state index is 11.7. The zero-order chi connectivity index (χ0) is 14.0. The summed E-state index contributed by atoms with van der Waals surface area (Å²) in [7, 11) is 4.51. The number of urea groups is 1. The molecule has 0 saturated heterocycles. The fourth-order valence-corrected chi connectivity index (χ4v) is 2.25. The molecule has 1 aromatic carbocycles. The summed E-state index contributed by atoms with van der Waals surface area (Å²) in [5, 5.41) is 9.80. The molecule has 2 rings (SSSR count). The molecule has 1 heterocycles. The molecule has 6 nitrogen and oxygen atoms in total. The van der Waals surface area contributed by atoms with Crippen LogP contribution in [-0.4, -0.2) is 49.0 Å². The summed E-state index contributed by atoms with van der Waals surface area (Å²) in [6, 6.07) is 3.42. The highest BCUT2D eigenvalue weighted by atomic mass is 16.5. The summed E-state index contributed by atoms with van der Waals surface area (Å²) < 4.78 is 10.5. The topological polar surface area (TPSA) is 62.2 Å². The van der Waals surface area contributed by atoms with E-state index in [0.29, 0.717) is 29.7 Å². The van der Waals surface area contributed by atoms with E-state index >= 15 is 0 Å². The van der Waals surface area contributed by atoms with E-state index in [4.69, 9.17) is 9.47 Å². The average Bonchev–Trinajstić information content (AvgIpc) is 2.44. The third-order valence-corrected chi connectivity index (χ3v) is 3.27. The molecule has 1 aliphatic rings. The smallest absolute Gasteiger partial charge is 0.343 e. The molecule has 1 aliphatic heterocycles. The number of hydrogen-bond acceptors (Lipinski definition) is 4. The van der Waals surface area contributed by atoms with Crippen LogP contribution in [0.1, 0.15) is 11.1 Å². The molecule has 0 radical (unpaired) electrons. The SMILES string of the molecule is COc1cc2c(cc1OC)CN(C(=O)N(C)O)CC2. The third kappa shape index (κ3) is 2.58. The van der Waals surface area contributed by atoms with E-state index in [9.17, 15) is 10.0 Å². The zero-order valence-corrected chi connectivity index (χ0v) is 11.3. The molecular formula is C13H18N2O4. The van der Waals surface area contributed by atoms with Crippen LogP contribution in [0.25, 0.3) is 0 Å². The second-order valence-electron chi connectivity index (χ2n) is 4.45. The van der Waals surface area contributed by atoms with Crippen LogP contribution >= 0.6 is 0 Å². The summed E-state index contributed by atoms with van der Waals surface area (Å²) in [5.41, 5.74) is 2.15. The number of hydroxylamine groups is 2. The first-order chi connectivity index (χ1) is 9.06. The van der Waals surface area contributed by atoms with Crippen LogP contribution in [0.15, 0.2) is 12.1 Å². The number of rotatable bonds is 2. The molecule has 0 bridgehead atoms. The molecule has 0 spiro atoms. The van der Waals surface area contributed by atoms with Crippen molar-refractivity contribution in [2.75, 3.05) is 27.8 Å². The molecule has 104 valence electrons. The average molecular weight is 266 g/mol. The minimum atomic E-state index is -0.402. The number of benzene rings is 1. The molecule has 0 fully saturated rings. The van der Waals surface area contributed by atoms with E-state index in [1.165, 1.54) is 7.05 Å². The molecule has 0 saturated carbocycles. The standard InChI is InChI=1S/C13H18N2O4/c1-14(17)13(16)15-5-4-9-6-11(18-2)12(19-3)7-10(9)8-15/h6-7,17H,4-5,8H2,1-3H3. The molecule has 1 N–H and O–H groups in total. The predicted molar refractivity (Wildman–Crippen MR) is 68.6 cm³/mol. The van der Waals surface area contributed by atoms with Gasteiger partial charge in [0.2, 0.25) is 0 Å². The van der Waals surface area contributed by atoms with Crippen molar-refractivity contribution in [3.05, 3.63) is 23.3 Å². The first kappa shape index (κ1) is 13.5. The maximum atomic E-state index is 11.7. The van der Waals surface area contributed by atoms with Gasteiger partial charge in [-0.2, -0.15) is 0 Å². The lowest BCUT2D eigenvalue weighted by atomic mass is 9.99. The van der Waals surface area contributed by atoms with Gasteiger partial charge in [-0.3, -0.25) is 5.21 Å². The monoisotopic (exact) mass is 266 g/mol. The number of amides is 2. The van der Waals surface area contributed by atoms with E-state index in [1.54, 1.807) is 19.1 Å². The van der Waals surface area contributed by atoms with Gasteiger partial charge in [-0.25, -0.2) is 9.86 Å². The third-order valence-electron chi connectivity index (χ3n) is 3.27. The Labute approximate surface area is 112 Å². The van der Waals surface area contributed by atoms with E-state index in [1.807, 2.05) is 12.1 Å². The molecule has 0 atom stereocenters. The molecule has 1 aromatic rings. The van der Waals surface area contributed by atoms with E-state index in [0.717, 1.165) is 17.5 Å². The minimum absolute atomic E-state index is 0.402. The van der Waals surface area contributed by atoms with Crippen molar-refractivity contribution in [3.63, 3.8) is 0 Å². The highest BCUT2D eigenvalue weighted by Crippen LogP contribution is 2.33. The van der Waals surface area contributed by atoms with Crippen molar-refractivity contribution < 1.29 is 19.5 Å². The quantitative estimate of drug-likeness (QED) is 0.651. The summed E-state index contributed by atoms with van der Waals surface area (Å²) in [4.78, 5) is 13.3. The fourth-order valence-electron chi connectivity index (χ4n) is 2.25.